The van der Waals surface area contributed by atoms with Crippen LogP contribution in [0.1, 0.15) is 21.5 Å². The summed E-state index contributed by atoms with van der Waals surface area (Å²) in [6.07, 6.45) is 2.49. The molecule has 2 aromatic rings. The van der Waals surface area contributed by atoms with E-state index in [-0.39, 0.29) is 5.91 Å². The normalized spacial score (nSPS) is 14.3. The van der Waals surface area contributed by atoms with Crippen molar-refractivity contribution in [3.05, 3.63) is 63.4 Å². The van der Waals surface area contributed by atoms with Crippen LogP contribution in [0.4, 0.5) is 0 Å². The van der Waals surface area contributed by atoms with Gasteiger partial charge in [0.1, 0.15) is 5.15 Å². The first-order chi connectivity index (χ1) is 9.65. The van der Waals surface area contributed by atoms with Gasteiger partial charge in [-0.3, -0.25) is 4.79 Å². The molecule has 102 valence electrons. The van der Waals surface area contributed by atoms with E-state index in [1.807, 2.05) is 24.3 Å². The summed E-state index contributed by atoms with van der Waals surface area (Å²) in [5.41, 5.74) is 2.69. The van der Waals surface area contributed by atoms with Crippen LogP contribution in [-0.4, -0.2) is 22.3 Å². The summed E-state index contributed by atoms with van der Waals surface area (Å²) in [7, 11) is 0. The molecule has 1 aliphatic rings. The molecule has 0 saturated heterocycles. The van der Waals surface area contributed by atoms with Gasteiger partial charge in [0.15, 0.2) is 0 Å². The Morgan fingerprint density at radius 1 is 1.25 bits per heavy atom. The molecule has 2 heterocycles. The molecule has 0 unspecified atom stereocenters. The Morgan fingerprint density at radius 2 is 2.05 bits per heavy atom. The van der Waals surface area contributed by atoms with Gasteiger partial charge in [-0.25, -0.2) is 4.98 Å². The smallest absolute Gasteiger partial charge is 0.254 e. The third kappa shape index (κ3) is 2.51. The summed E-state index contributed by atoms with van der Waals surface area (Å²) in [6, 6.07) is 9.31. The van der Waals surface area contributed by atoms with Gasteiger partial charge in [0.2, 0.25) is 0 Å². The maximum absolute atomic E-state index is 12.4. The van der Waals surface area contributed by atoms with E-state index in [0.717, 1.165) is 23.1 Å². The highest BCUT2D eigenvalue weighted by Gasteiger charge is 2.24. The third-order valence-corrected chi connectivity index (χ3v) is 4.00. The second-order valence-corrected chi connectivity index (χ2v) is 5.53. The first-order valence-electron chi connectivity index (χ1n) is 6.32. The molecule has 20 heavy (non-hydrogen) atoms. The highest BCUT2D eigenvalue weighted by atomic mass is 35.5. The lowest BCUT2D eigenvalue weighted by Gasteiger charge is -2.28. The quantitative estimate of drug-likeness (QED) is 0.794. The summed E-state index contributed by atoms with van der Waals surface area (Å²) in [6.45, 7) is 1.14. The molecule has 0 bridgehead atoms. The minimum atomic E-state index is 0.0397. The molecular weight excluding hydrogens is 295 g/mol. The zero-order valence-electron chi connectivity index (χ0n) is 10.6. The molecule has 1 aromatic heterocycles. The molecule has 3 rings (SSSR count). The van der Waals surface area contributed by atoms with Crippen LogP contribution in [0.3, 0.4) is 0 Å². The predicted molar refractivity (Wildman–Crippen MR) is 79.1 cm³/mol. The lowest BCUT2D eigenvalue weighted by Crippen LogP contribution is -2.37. The topological polar surface area (TPSA) is 33.2 Å². The van der Waals surface area contributed by atoms with Crippen molar-refractivity contribution >= 4 is 29.1 Å². The first-order valence-corrected chi connectivity index (χ1v) is 7.08. The fourth-order valence-electron chi connectivity index (χ4n) is 2.38. The van der Waals surface area contributed by atoms with Crippen molar-refractivity contribution in [3.63, 3.8) is 0 Å². The van der Waals surface area contributed by atoms with Gasteiger partial charge in [0, 0.05) is 30.4 Å². The Balaban J connectivity index is 1.85. The number of amides is 1. The Kier molecular flexibility index (Phi) is 3.64. The van der Waals surface area contributed by atoms with Gasteiger partial charge in [-0.15, -0.1) is 0 Å². The van der Waals surface area contributed by atoms with Crippen LogP contribution in [0.5, 0.6) is 0 Å². The van der Waals surface area contributed by atoms with Gasteiger partial charge in [0.05, 0.1) is 5.02 Å². The third-order valence-electron chi connectivity index (χ3n) is 3.44. The SMILES string of the molecule is O=C1c2ccccc2CCN1Cc1cnc(Cl)cc1Cl. The highest BCUT2D eigenvalue weighted by molar-refractivity contribution is 6.34. The molecular formula is C15H12Cl2N2O. The molecule has 0 saturated carbocycles. The summed E-state index contributed by atoms with van der Waals surface area (Å²) in [4.78, 5) is 18.2. The number of aromatic nitrogens is 1. The average molecular weight is 307 g/mol. The van der Waals surface area contributed by atoms with Gasteiger partial charge in [-0.05, 0) is 24.1 Å². The van der Waals surface area contributed by atoms with Crippen molar-refractivity contribution in [1.82, 2.24) is 9.88 Å². The van der Waals surface area contributed by atoms with Gasteiger partial charge in [-0.2, -0.15) is 0 Å². The Morgan fingerprint density at radius 3 is 2.85 bits per heavy atom. The molecule has 1 aliphatic heterocycles. The molecule has 0 atom stereocenters. The fourth-order valence-corrected chi connectivity index (χ4v) is 2.81. The van der Waals surface area contributed by atoms with E-state index in [4.69, 9.17) is 23.2 Å². The van der Waals surface area contributed by atoms with Crippen LogP contribution in [0.15, 0.2) is 36.5 Å². The average Bonchev–Trinajstić information content (AvgIpc) is 2.45. The van der Waals surface area contributed by atoms with Crippen molar-refractivity contribution in [2.24, 2.45) is 0 Å². The van der Waals surface area contributed by atoms with E-state index >= 15 is 0 Å². The van der Waals surface area contributed by atoms with E-state index in [2.05, 4.69) is 4.98 Å². The summed E-state index contributed by atoms with van der Waals surface area (Å²) in [5.74, 6) is 0.0397. The van der Waals surface area contributed by atoms with Crippen LogP contribution >= 0.6 is 23.2 Å². The van der Waals surface area contributed by atoms with Crippen LogP contribution in [-0.2, 0) is 13.0 Å². The summed E-state index contributed by atoms with van der Waals surface area (Å²) < 4.78 is 0. The molecule has 3 nitrogen and oxygen atoms in total. The summed E-state index contributed by atoms with van der Waals surface area (Å²) in [5, 5.41) is 0.894. The first kappa shape index (κ1) is 13.4. The number of nitrogens with zero attached hydrogens (tertiary/aromatic N) is 2. The molecule has 1 amide bonds. The second kappa shape index (κ2) is 5.43. The zero-order valence-corrected chi connectivity index (χ0v) is 12.2. The minimum absolute atomic E-state index is 0.0397. The van der Waals surface area contributed by atoms with Crippen molar-refractivity contribution in [2.45, 2.75) is 13.0 Å². The van der Waals surface area contributed by atoms with Crippen molar-refractivity contribution in [1.29, 1.82) is 0 Å². The summed E-state index contributed by atoms with van der Waals surface area (Å²) >= 11 is 11.9. The highest BCUT2D eigenvalue weighted by Crippen LogP contribution is 2.24. The van der Waals surface area contributed by atoms with Gasteiger partial charge >= 0.3 is 0 Å². The van der Waals surface area contributed by atoms with Crippen LogP contribution in [0.25, 0.3) is 0 Å². The number of fused-ring (bicyclic) bond motifs is 1. The molecule has 1 aromatic carbocycles. The van der Waals surface area contributed by atoms with E-state index in [0.29, 0.717) is 23.3 Å². The van der Waals surface area contributed by atoms with E-state index in [9.17, 15) is 4.79 Å². The van der Waals surface area contributed by atoms with E-state index in [1.165, 1.54) is 0 Å². The number of pyridine rings is 1. The number of rotatable bonds is 2. The molecule has 0 N–H and O–H groups in total. The van der Waals surface area contributed by atoms with Gasteiger partial charge in [-0.1, -0.05) is 41.4 Å². The second-order valence-electron chi connectivity index (χ2n) is 4.73. The van der Waals surface area contributed by atoms with Crippen molar-refractivity contribution in [3.8, 4) is 0 Å². The predicted octanol–water partition coefficient (Wildman–Crippen LogP) is 3.59. The minimum Gasteiger partial charge on any atom is -0.334 e. The number of hydrogen-bond acceptors (Lipinski definition) is 2. The van der Waals surface area contributed by atoms with E-state index in [1.54, 1.807) is 17.2 Å². The van der Waals surface area contributed by atoms with Crippen LogP contribution < -0.4 is 0 Å². The number of halogens is 2. The maximum Gasteiger partial charge on any atom is 0.254 e. The van der Waals surface area contributed by atoms with Crippen LogP contribution in [0, 0.1) is 0 Å². The molecule has 0 aliphatic carbocycles. The largest absolute Gasteiger partial charge is 0.334 e. The zero-order chi connectivity index (χ0) is 14.1. The lowest BCUT2D eigenvalue weighted by molar-refractivity contribution is 0.0727. The van der Waals surface area contributed by atoms with Gasteiger partial charge < -0.3 is 4.90 Å². The molecule has 5 heteroatoms. The fraction of sp³-hybridized carbons (Fsp3) is 0.200. The number of carbonyl (C=O) groups is 1. The van der Waals surface area contributed by atoms with E-state index < -0.39 is 0 Å². The molecule has 0 radical (unpaired) electrons. The molecule has 0 fully saturated rings. The lowest BCUT2D eigenvalue weighted by atomic mass is 9.99. The monoisotopic (exact) mass is 306 g/mol. The van der Waals surface area contributed by atoms with Crippen LogP contribution in [0.2, 0.25) is 10.2 Å². The van der Waals surface area contributed by atoms with Gasteiger partial charge in [0.25, 0.3) is 5.91 Å². The maximum atomic E-state index is 12.4. The number of hydrogen-bond donors (Lipinski definition) is 0. The van der Waals surface area contributed by atoms with Crippen molar-refractivity contribution in [2.75, 3.05) is 6.54 Å². The Hall–Kier alpha value is -1.58. The molecule has 0 spiro atoms. The number of carbonyl (C=O) groups excluding carboxylic acids is 1. The Labute approximate surface area is 127 Å². The Bertz CT molecular complexity index is 673. The standard InChI is InChI=1S/C15H12Cl2N2O/c16-13-7-14(17)18-8-11(13)9-19-6-5-10-3-1-2-4-12(10)15(19)20/h1-4,7-8H,5-6,9H2. The van der Waals surface area contributed by atoms with Crippen molar-refractivity contribution < 1.29 is 4.79 Å². The number of benzene rings is 1.